The maximum Gasteiger partial charge on any atom is 0.201 e. The van der Waals surface area contributed by atoms with Crippen LogP contribution in [0.5, 0.6) is 0 Å². The fraction of sp³-hybridized carbons (Fsp3) is 1.00. The summed E-state index contributed by atoms with van der Waals surface area (Å²) < 4.78 is 28.1. The summed E-state index contributed by atoms with van der Waals surface area (Å²) in [6.45, 7) is 1.80. The highest BCUT2D eigenvalue weighted by Crippen LogP contribution is 2.63. The van der Waals surface area contributed by atoms with Crippen LogP contribution in [0.1, 0.15) is 19.8 Å². The number of rotatable bonds is 3. The van der Waals surface area contributed by atoms with Crippen molar-refractivity contribution in [1.82, 2.24) is 0 Å². The second kappa shape index (κ2) is 4.09. The molecule has 0 aromatic carbocycles. The molecule has 1 saturated heterocycles. The first-order valence-electron chi connectivity index (χ1n) is 4.26. The van der Waals surface area contributed by atoms with E-state index in [0.717, 1.165) is 25.2 Å². The molecule has 0 aromatic heterocycles. The maximum atomic E-state index is 12.1. The molecule has 0 saturated carbocycles. The van der Waals surface area contributed by atoms with Crippen LogP contribution in [0.4, 0.5) is 0 Å². The second-order valence-electron chi connectivity index (χ2n) is 3.31. The summed E-state index contributed by atoms with van der Waals surface area (Å²) >= 11 is 0. The summed E-state index contributed by atoms with van der Waals surface area (Å²) in [5.74, 6) is 0. The molecular formula is C7H16O3P2. The van der Waals surface area contributed by atoms with Crippen LogP contribution < -0.4 is 0 Å². The van der Waals surface area contributed by atoms with E-state index in [-0.39, 0.29) is 5.40 Å². The highest BCUT2D eigenvalue weighted by Gasteiger charge is 2.36. The van der Waals surface area contributed by atoms with E-state index >= 15 is 0 Å². The lowest BCUT2D eigenvalue weighted by Crippen LogP contribution is -2.00. The molecule has 1 aliphatic rings. The second-order valence-corrected chi connectivity index (χ2v) is 9.28. The van der Waals surface area contributed by atoms with Gasteiger partial charge in [0, 0.05) is 19.4 Å². The van der Waals surface area contributed by atoms with Crippen molar-refractivity contribution in [1.29, 1.82) is 0 Å². The topological polar surface area (TPSA) is 43.4 Å². The van der Waals surface area contributed by atoms with Gasteiger partial charge in [-0.2, -0.15) is 0 Å². The Morgan fingerprint density at radius 3 is 2.33 bits per heavy atom. The van der Waals surface area contributed by atoms with Crippen molar-refractivity contribution in [3.63, 3.8) is 0 Å². The van der Waals surface area contributed by atoms with Crippen molar-refractivity contribution in [2.75, 3.05) is 19.4 Å². The molecule has 72 valence electrons. The first-order chi connectivity index (χ1) is 5.60. The molecule has 0 radical (unpaired) electrons. The number of hydrogen-bond donors (Lipinski definition) is 0. The SMILES string of the molecule is CO[PH](=O)C(C)P1(=O)CCCC1. The van der Waals surface area contributed by atoms with Crippen molar-refractivity contribution in [3.8, 4) is 0 Å². The molecule has 0 aromatic rings. The fourth-order valence-electron chi connectivity index (χ4n) is 1.62. The number of hydrogen-bond acceptors (Lipinski definition) is 3. The highest BCUT2D eigenvalue weighted by atomic mass is 31.2. The summed E-state index contributed by atoms with van der Waals surface area (Å²) in [5.41, 5.74) is 0. The molecule has 5 heteroatoms. The van der Waals surface area contributed by atoms with E-state index in [9.17, 15) is 9.13 Å². The van der Waals surface area contributed by atoms with Gasteiger partial charge in [0.2, 0.25) is 8.03 Å². The molecule has 1 rings (SSSR count). The van der Waals surface area contributed by atoms with Gasteiger partial charge in [-0.3, -0.25) is 4.57 Å². The molecule has 0 aliphatic carbocycles. The summed E-state index contributed by atoms with van der Waals surface area (Å²) in [6, 6.07) is 0. The molecule has 3 nitrogen and oxygen atoms in total. The van der Waals surface area contributed by atoms with Crippen LogP contribution in [-0.4, -0.2) is 24.8 Å². The Balaban J connectivity index is 2.68. The minimum Gasteiger partial charge on any atom is -0.333 e. The summed E-state index contributed by atoms with van der Waals surface area (Å²) in [7, 11) is -2.76. The molecule has 0 amide bonds. The van der Waals surface area contributed by atoms with Crippen molar-refractivity contribution >= 4 is 15.2 Å². The van der Waals surface area contributed by atoms with Gasteiger partial charge in [0.05, 0.1) is 12.5 Å². The van der Waals surface area contributed by atoms with Gasteiger partial charge in [-0.15, -0.1) is 0 Å². The van der Waals surface area contributed by atoms with E-state index in [4.69, 9.17) is 4.52 Å². The zero-order valence-electron chi connectivity index (χ0n) is 7.58. The van der Waals surface area contributed by atoms with Crippen molar-refractivity contribution in [3.05, 3.63) is 0 Å². The van der Waals surface area contributed by atoms with Gasteiger partial charge >= 0.3 is 0 Å². The Hall–Kier alpha value is 0.420. The molecule has 1 fully saturated rings. The normalized spacial score (nSPS) is 26.8. The minimum absolute atomic E-state index is 0.199. The van der Waals surface area contributed by atoms with E-state index in [0.29, 0.717) is 0 Å². The van der Waals surface area contributed by atoms with Crippen LogP contribution in [0.15, 0.2) is 0 Å². The Bertz CT molecular complexity index is 217. The third-order valence-electron chi connectivity index (χ3n) is 2.57. The molecule has 2 atom stereocenters. The van der Waals surface area contributed by atoms with E-state index in [1.165, 1.54) is 7.11 Å². The first kappa shape index (κ1) is 10.5. The Labute approximate surface area is 74.1 Å². The van der Waals surface area contributed by atoms with Gasteiger partial charge in [-0.25, -0.2) is 0 Å². The Kier molecular flexibility index (Phi) is 3.58. The molecule has 1 aliphatic heterocycles. The van der Waals surface area contributed by atoms with E-state index < -0.39 is 15.2 Å². The smallest absolute Gasteiger partial charge is 0.201 e. The van der Waals surface area contributed by atoms with Crippen LogP contribution in [0.2, 0.25) is 0 Å². The van der Waals surface area contributed by atoms with Crippen LogP contribution in [0.3, 0.4) is 0 Å². The van der Waals surface area contributed by atoms with E-state index in [2.05, 4.69) is 0 Å². The van der Waals surface area contributed by atoms with Crippen molar-refractivity contribution < 1.29 is 13.7 Å². The summed E-state index contributed by atoms with van der Waals surface area (Å²) in [6.07, 6.45) is 3.60. The quantitative estimate of drug-likeness (QED) is 0.672. The predicted octanol–water partition coefficient (Wildman–Crippen LogP) is 2.61. The zero-order valence-corrected chi connectivity index (χ0v) is 9.47. The lowest BCUT2D eigenvalue weighted by atomic mass is 10.4. The van der Waals surface area contributed by atoms with Gasteiger partial charge in [-0.05, 0) is 19.8 Å². The lowest BCUT2D eigenvalue weighted by molar-refractivity contribution is 0.412. The van der Waals surface area contributed by atoms with Crippen LogP contribution in [-0.2, 0) is 13.7 Å². The van der Waals surface area contributed by atoms with E-state index in [1.54, 1.807) is 6.92 Å². The maximum absolute atomic E-state index is 12.1. The molecular weight excluding hydrogens is 194 g/mol. The third-order valence-corrected chi connectivity index (χ3v) is 9.26. The fourth-order valence-corrected chi connectivity index (χ4v) is 7.11. The molecule has 2 unspecified atom stereocenters. The van der Waals surface area contributed by atoms with Crippen molar-refractivity contribution in [2.45, 2.75) is 25.2 Å². The first-order valence-corrected chi connectivity index (χ1v) is 7.80. The van der Waals surface area contributed by atoms with E-state index in [1.807, 2.05) is 0 Å². The van der Waals surface area contributed by atoms with Gasteiger partial charge < -0.3 is 9.09 Å². The van der Waals surface area contributed by atoms with Gasteiger partial charge in [0.25, 0.3) is 0 Å². The Morgan fingerprint density at radius 1 is 1.42 bits per heavy atom. The van der Waals surface area contributed by atoms with Crippen molar-refractivity contribution in [2.24, 2.45) is 0 Å². The minimum atomic E-state index is -2.13. The molecule has 12 heavy (non-hydrogen) atoms. The third kappa shape index (κ3) is 2.02. The Morgan fingerprint density at radius 2 is 1.92 bits per heavy atom. The zero-order chi connectivity index (χ0) is 9.19. The monoisotopic (exact) mass is 210 g/mol. The predicted molar refractivity (Wildman–Crippen MR) is 52.0 cm³/mol. The van der Waals surface area contributed by atoms with Crippen LogP contribution >= 0.6 is 15.2 Å². The van der Waals surface area contributed by atoms with Gasteiger partial charge in [0.1, 0.15) is 0 Å². The largest absolute Gasteiger partial charge is 0.333 e. The van der Waals surface area contributed by atoms with Gasteiger partial charge in [-0.1, -0.05) is 0 Å². The molecule has 0 N–H and O–H groups in total. The van der Waals surface area contributed by atoms with Crippen LogP contribution in [0, 0.1) is 0 Å². The molecule has 0 spiro atoms. The molecule has 0 bridgehead atoms. The summed E-state index contributed by atoms with van der Waals surface area (Å²) in [5, 5.41) is -0.199. The van der Waals surface area contributed by atoms with Crippen LogP contribution in [0.25, 0.3) is 0 Å². The summed E-state index contributed by atoms with van der Waals surface area (Å²) in [4.78, 5) is 0. The average molecular weight is 210 g/mol. The average Bonchev–Trinajstić information content (AvgIpc) is 2.50. The molecule has 1 heterocycles. The highest BCUT2D eigenvalue weighted by molar-refractivity contribution is 7.74. The lowest BCUT2D eigenvalue weighted by Gasteiger charge is -2.18. The standard InChI is InChI=1S/C7H16O3P2/c1-7(11(8)10-2)12(9)5-3-4-6-12/h7,11H,3-6H2,1-2H3. The van der Waals surface area contributed by atoms with Gasteiger partial charge in [0.15, 0.2) is 0 Å².